The number of fused-ring (bicyclic) bond motifs is 2. The summed E-state index contributed by atoms with van der Waals surface area (Å²) in [5.74, 6) is -0.186. The van der Waals surface area contributed by atoms with Gasteiger partial charge >= 0.3 is 0 Å². The highest BCUT2D eigenvalue weighted by Crippen LogP contribution is 2.33. The van der Waals surface area contributed by atoms with Crippen LogP contribution in [0.15, 0.2) is 36.4 Å². The standard InChI is InChI=1S/C19H15Cl2N3O/c20-13-8-10(9-14(21)18(13)22)23-19(25)17-11-4-1-2-6-15(11)24-16-7-3-5-12(16)17/h1-2,4,6,8-9H,3,5,7,22H2,(H,23,25). The van der Waals surface area contributed by atoms with Gasteiger partial charge in [-0.1, -0.05) is 41.4 Å². The maximum atomic E-state index is 13.0. The molecule has 0 radical (unpaired) electrons. The molecule has 0 saturated carbocycles. The molecule has 2 aromatic carbocycles. The van der Waals surface area contributed by atoms with Gasteiger partial charge in [0.2, 0.25) is 0 Å². The van der Waals surface area contributed by atoms with Crippen molar-refractivity contribution in [3.63, 3.8) is 0 Å². The van der Waals surface area contributed by atoms with Gasteiger partial charge in [-0.25, -0.2) is 0 Å². The lowest BCUT2D eigenvalue weighted by Crippen LogP contribution is -2.16. The smallest absolute Gasteiger partial charge is 0.256 e. The van der Waals surface area contributed by atoms with Crippen LogP contribution in [0.5, 0.6) is 0 Å². The molecule has 25 heavy (non-hydrogen) atoms. The molecule has 1 aromatic heterocycles. The Bertz CT molecular complexity index is 994. The van der Waals surface area contributed by atoms with E-state index in [0.717, 1.165) is 41.4 Å². The van der Waals surface area contributed by atoms with Gasteiger partial charge in [-0.15, -0.1) is 0 Å². The summed E-state index contributed by atoms with van der Waals surface area (Å²) >= 11 is 12.1. The number of rotatable bonds is 2. The topological polar surface area (TPSA) is 68.0 Å². The van der Waals surface area contributed by atoms with Gasteiger partial charge in [0, 0.05) is 16.8 Å². The zero-order valence-electron chi connectivity index (χ0n) is 13.3. The molecular weight excluding hydrogens is 357 g/mol. The van der Waals surface area contributed by atoms with Crippen molar-refractivity contribution >= 4 is 51.4 Å². The van der Waals surface area contributed by atoms with Gasteiger partial charge in [-0.05, 0) is 43.0 Å². The van der Waals surface area contributed by atoms with E-state index < -0.39 is 0 Å². The number of nitrogens with zero attached hydrogens (tertiary/aromatic N) is 1. The second-order valence-electron chi connectivity index (χ2n) is 6.09. The molecule has 0 bridgehead atoms. The van der Waals surface area contributed by atoms with Crippen LogP contribution < -0.4 is 11.1 Å². The molecule has 0 fully saturated rings. The minimum Gasteiger partial charge on any atom is -0.396 e. The highest BCUT2D eigenvalue weighted by molar-refractivity contribution is 6.39. The molecule has 1 aliphatic rings. The molecule has 1 heterocycles. The monoisotopic (exact) mass is 371 g/mol. The number of pyridine rings is 1. The van der Waals surface area contributed by atoms with Crippen LogP contribution in [0.2, 0.25) is 10.0 Å². The fraction of sp³-hybridized carbons (Fsp3) is 0.158. The number of amides is 1. The van der Waals surface area contributed by atoms with Crippen molar-refractivity contribution in [2.45, 2.75) is 19.3 Å². The molecular formula is C19H15Cl2N3O. The Morgan fingerprint density at radius 2 is 1.84 bits per heavy atom. The van der Waals surface area contributed by atoms with E-state index in [1.807, 2.05) is 24.3 Å². The Hall–Kier alpha value is -2.30. The average molecular weight is 372 g/mol. The van der Waals surface area contributed by atoms with Crippen LogP contribution >= 0.6 is 23.2 Å². The third-order valence-corrected chi connectivity index (χ3v) is 5.11. The minimum atomic E-state index is -0.186. The van der Waals surface area contributed by atoms with Gasteiger partial charge in [0.15, 0.2) is 0 Å². The number of carbonyl (C=O) groups is 1. The molecule has 126 valence electrons. The quantitative estimate of drug-likeness (QED) is 0.631. The summed E-state index contributed by atoms with van der Waals surface area (Å²) < 4.78 is 0. The van der Waals surface area contributed by atoms with Crippen molar-refractivity contribution < 1.29 is 4.79 Å². The number of aryl methyl sites for hydroxylation is 1. The summed E-state index contributed by atoms with van der Waals surface area (Å²) in [4.78, 5) is 17.7. The molecule has 0 unspecified atom stereocenters. The van der Waals surface area contributed by atoms with Crippen molar-refractivity contribution in [3.8, 4) is 0 Å². The molecule has 6 heteroatoms. The first kappa shape index (κ1) is 16.2. The third-order valence-electron chi connectivity index (χ3n) is 4.48. The van der Waals surface area contributed by atoms with Crippen molar-refractivity contribution in [1.82, 2.24) is 4.98 Å². The van der Waals surface area contributed by atoms with Gasteiger partial charge in [0.25, 0.3) is 5.91 Å². The van der Waals surface area contributed by atoms with Crippen LogP contribution in [0.1, 0.15) is 28.0 Å². The number of hydrogen-bond acceptors (Lipinski definition) is 3. The number of nitrogens with two attached hydrogens (primary N) is 1. The van der Waals surface area contributed by atoms with Crippen LogP contribution in [0.3, 0.4) is 0 Å². The van der Waals surface area contributed by atoms with E-state index >= 15 is 0 Å². The Balaban J connectivity index is 1.81. The molecule has 1 aliphatic carbocycles. The second kappa shape index (κ2) is 6.21. The Labute approximate surface area is 155 Å². The molecule has 4 nitrogen and oxygen atoms in total. The van der Waals surface area contributed by atoms with Crippen LogP contribution in [0.4, 0.5) is 11.4 Å². The van der Waals surface area contributed by atoms with Crippen LogP contribution in [0.25, 0.3) is 10.9 Å². The molecule has 3 aromatic rings. The Morgan fingerprint density at radius 3 is 2.60 bits per heavy atom. The van der Waals surface area contributed by atoms with E-state index in [1.54, 1.807) is 12.1 Å². The highest BCUT2D eigenvalue weighted by Gasteiger charge is 2.24. The van der Waals surface area contributed by atoms with Gasteiger partial charge < -0.3 is 11.1 Å². The van der Waals surface area contributed by atoms with Crippen LogP contribution in [-0.4, -0.2) is 10.9 Å². The average Bonchev–Trinajstić information content (AvgIpc) is 3.05. The van der Waals surface area contributed by atoms with E-state index in [4.69, 9.17) is 33.9 Å². The van der Waals surface area contributed by atoms with Crippen molar-refractivity contribution in [2.24, 2.45) is 0 Å². The first-order valence-corrected chi connectivity index (χ1v) is 8.76. The van der Waals surface area contributed by atoms with E-state index in [-0.39, 0.29) is 5.91 Å². The zero-order chi connectivity index (χ0) is 17.6. The van der Waals surface area contributed by atoms with E-state index in [2.05, 4.69) is 5.32 Å². The van der Waals surface area contributed by atoms with Gasteiger partial charge in [0.1, 0.15) is 0 Å². The number of nitrogens with one attached hydrogen (secondary N) is 1. The predicted molar refractivity (Wildman–Crippen MR) is 103 cm³/mol. The second-order valence-corrected chi connectivity index (χ2v) is 6.90. The molecule has 0 saturated heterocycles. The number of aromatic nitrogens is 1. The number of benzene rings is 2. The van der Waals surface area contributed by atoms with Crippen molar-refractivity contribution in [1.29, 1.82) is 0 Å². The Morgan fingerprint density at radius 1 is 1.12 bits per heavy atom. The lowest BCUT2D eigenvalue weighted by molar-refractivity contribution is 0.102. The summed E-state index contributed by atoms with van der Waals surface area (Å²) in [6.07, 6.45) is 2.78. The molecule has 1 amide bonds. The van der Waals surface area contributed by atoms with Gasteiger partial charge in [-0.3, -0.25) is 9.78 Å². The summed E-state index contributed by atoms with van der Waals surface area (Å²) in [7, 11) is 0. The number of para-hydroxylation sites is 1. The van der Waals surface area contributed by atoms with E-state index in [1.165, 1.54) is 0 Å². The first-order valence-electron chi connectivity index (χ1n) is 8.01. The molecule has 4 rings (SSSR count). The predicted octanol–water partition coefficient (Wildman–Crippen LogP) is 4.86. The number of anilines is 2. The fourth-order valence-electron chi connectivity index (χ4n) is 3.32. The molecule has 0 spiro atoms. The van der Waals surface area contributed by atoms with E-state index in [0.29, 0.717) is 27.0 Å². The highest BCUT2D eigenvalue weighted by atomic mass is 35.5. The lowest BCUT2D eigenvalue weighted by atomic mass is 10.0. The molecule has 3 N–H and O–H groups in total. The van der Waals surface area contributed by atoms with Crippen molar-refractivity contribution in [2.75, 3.05) is 11.1 Å². The summed E-state index contributed by atoms with van der Waals surface area (Å²) in [5, 5.41) is 4.38. The zero-order valence-corrected chi connectivity index (χ0v) is 14.8. The molecule has 0 aliphatic heterocycles. The number of carbonyl (C=O) groups excluding carboxylic acids is 1. The molecule has 0 atom stereocenters. The maximum absolute atomic E-state index is 13.0. The van der Waals surface area contributed by atoms with Crippen LogP contribution in [0, 0.1) is 0 Å². The number of halogens is 2. The fourth-order valence-corrected chi connectivity index (χ4v) is 3.81. The van der Waals surface area contributed by atoms with Crippen LogP contribution in [-0.2, 0) is 12.8 Å². The minimum absolute atomic E-state index is 0.186. The van der Waals surface area contributed by atoms with Gasteiger partial charge in [0.05, 0.1) is 26.8 Å². The normalized spacial score (nSPS) is 13.0. The largest absolute Gasteiger partial charge is 0.396 e. The number of hydrogen-bond donors (Lipinski definition) is 2. The maximum Gasteiger partial charge on any atom is 0.256 e. The lowest BCUT2D eigenvalue weighted by Gasteiger charge is -2.13. The SMILES string of the molecule is Nc1c(Cl)cc(NC(=O)c2c3c(nc4ccccc24)CCC3)cc1Cl. The van der Waals surface area contributed by atoms with Gasteiger partial charge in [-0.2, -0.15) is 0 Å². The third kappa shape index (κ3) is 2.81. The first-order chi connectivity index (χ1) is 12.0. The Kier molecular flexibility index (Phi) is 4.02. The van der Waals surface area contributed by atoms with Crippen molar-refractivity contribution in [3.05, 3.63) is 63.3 Å². The summed E-state index contributed by atoms with van der Waals surface area (Å²) in [6.45, 7) is 0. The summed E-state index contributed by atoms with van der Waals surface area (Å²) in [6, 6.07) is 10.9. The summed E-state index contributed by atoms with van der Waals surface area (Å²) in [5.41, 5.74) is 10.1. The van der Waals surface area contributed by atoms with E-state index in [9.17, 15) is 4.79 Å². The number of nitrogen functional groups attached to an aromatic ring is 1.